The predicted octanol–water partition coefficient (Wildman–Crippen LogP) is 1.50. The van der Waals surface area contributed by atoms with Gasteiger partial charge in [-0.25, -0.2) is 4.79 Å². The SMILES string of the molecule is CCCCn1c(O)c(C2=NN[C@H](c3ccc(OC)cc3OC)C2)c(=O)[nH]c1=O. The molecule has 2 heterocycles. The van der Waals surface area contributed by atoms with E-state index in [-0.39, 0.29) is 17.5 Å². The monoisotopic (exact) mass is 388 g/mol. The summed E-state index contributed by atoms with van der Waals surface area (Å²) >= 11 is 0. The van der Waals surface area contributed by atoms with E-state index < -0.39 is 11.2 Å². The maximum absolute atomic E-state index is 12.3. The van der Waals surface area contributed by atoms with E-state index in [1.54, 1.807) is 20.3 Å². The summed E-state index contributed by atoms with van der Waals surface area (Å²) in [5.41, 5.74) is 2.94. The van der Waals surface area contributed by atoms with Gasteiger partial charge in [0.05, 0.1) is 26.0 Å². The number of nitrogens with one attached hydrogen (secondary N) is 2. The standard InChI is InChI=1S/C19H24N4O5/c1-4-5-8-23-18(25)16(17(24)20-19(23)26)14-10-13(21-22-14)12-7-6-11(27-2)9-15(12)28-3/h6-7,9,13,21,25H,4-5,8,10H2,1-3H3,(H,20,24,26)/t13-/m0/s1. The lowest BCUT2D eigenvalue weighted by Gasteiger charge is -2.15. The Labute approximate surface area is 161 Å². The van der Waals surface area contributed by atoms with Crippen LogP contribution in [0.2, 0.25) is 0 Å². The van der Waals surface area contributed by atoms with E-state index in [0.29, 0.717) is 36.6 Å². The zero-order valence-corrected chi connectivity index (χ0v) is 16.1. The highest BCUT2D eigenvalue weighted by atomic mass is 16.5. The third kappa shape index (κ3) is 3.60. The van der Waals surface area contributed by atoms with Crippen molar-refractivity contribution >= 4 is 5.71 Å². The summed E-state index contributed by atoms with van der Waals surface area (Å²) < 4.78 is 11.8. The van der Waals surface area contributed by atoms with Crippen molar-refractivity contribution in [3.05, 3.63) is 50.2 Å². The maximum atomic E-state index is 12.3. The van der Waals surface area contributed by atoms with Crippen molar-refractivity contribution in [1.29, 1.82) is 0 Å². The number of hydrazone groups is 1. The predicted molar refractivity (Wildman–Crippen MR) is 104 cm³/mol. The van der Waals surface area contributed by atoms with E-state index in [4.69, 9.17) is 9.47 Å². The van der Waals surface area contributed by atoms with Gasteiger partial charge in [-0.15, -0.1) is 0 Å². The zero-order valence-electron chi connectivity index (χ0n) is 16.1. The number of unbranched alkanes of at least 4 members (excludes halogenated alkanes) is 1. The van der Waals surface area contributed by atoms with E-state index in [1.165, 1.54) is 4.57 Å². The number of hydrogen-bond acceptors (Lipinski definition) is 7. The van der Waals surface area contributed by atoms with Crippen LogP contribution in [0.5, 0.6) is 17.4 Å². The second-order valence-corrected chi connectivity index (χ2v) is 6.52. The molecule has 150 valence electrons. The molecule has 0 saturated carbocycles. The van der Waals surface area contributed by atoms with Crippen LogP contribution in [0, 0.1) is 0 Å². The van der Waals surface area contributed by atoms with Crippen molar-refractivity contribution in [1.82, 2.24) is 15.0 Å². The van der Waals surface area contributed by atoms with Crippen molar-refractivity contribution in [2.45, 2.75) is 38.8 Å². The fourth-order valence-electron chi connectivity index (χ4n) is 3.23. The average molecular weight is 388 g/mol. The highest BCUT2D eigenvalue weighted by molar-refractivity contribution is 6.03. The molecule has 3 N–H and O–H groups in total. The molecule has 1 aliphatic rings. The Morgan fingerprint density at radius 2 is 2.07 bits per heavy atom. The van der Waals surface area contributed by atoms with Gasteiger partial charge in [0.1, 0.15) is 17.1 Å². The minimum atomic E-state index is -0.654. The molecule has 0 radical (unpaired) electrons. The number of nitrogens with zero attached hydrogens (tertiary/aromatic N) is 2. The third-order valence-corrected chi connectivity index (χ3v) is 4.76. The number of aromatic amines is 1. The molecule has 1 aromatic carbocycles. The molecule has 0 fully saturated rings. The fraction of sp³-hybridized carbons (Fsp3) is 0.421. The number of rotatable bonds is 7. The molecule has 1 atom stereocenters. The van der Waals surface area contributed by atoms with Crippen LogP contribution in [-0.2, 0) is 6.54 Å². The van der Waals surface area contributed by atoms with Crippen LogP contribution < -0.4 is 26.1 Å². The number of benzene rings is 1. The molecule has 3 rings (SSSR count). The summed E-state index contributed by atoms with van der Waals surface area (Å²) in [6.45, 7) is 2.30. The molecule has 0 unspecified atom stereocenters. The van der Waals surface area contributed by atoms with Gasteiger partial charge in [0.25, 0.3) is 5.56 Å². The Morgan fingerprint density at radius 1 is 1.29 bits per heavy atom. The van der Waals surface area contributed by atoms with Crippen molar-refractivity contribution < 1.29 is 14.6 Å². The molecule has 1 aromatic heterocycles. The van der Waals surface area contributed by atoms with E-state index in [1.807, 2.05) is 19.1 Å². The molecular formula is C19H24N4O5. The van der Waals surface area contributed by atoms with Crippen LogP contribution in [0.4, 0.5) is 0 Å². The molecule has 0 saturated heterocycles. The van der Waals surface area contributed by atoms with Gasteiger partial charge in [-0.2, -0.15) is 5.10 Å². The maximum Gasteiger partial charge on any atom is 0.331 e. The number of aromatic nitrogens is 2. The molecule has 0 bridgehead atoms. The Morgan fingerprint density at radius 3 is 2.75 bits per heavy atom. The van der Waals surface area contributed by atoms with Gasteiger partial charge in [0, 0.05) is 24.6 Å². The lowest BCUT2D eigenvalue weighted by atomic mass is 9.99. The first-order valence-corrected chi connectivity index (χ1v) is 9.10. The van der Waals surface area contributed by atoms with Crippen LogP contribution in [0.25, 0.3) is 0 Å². The number of aromatic hydroxyl groups is 1. The quantitative estimate of drug-likeness (QED) is 0.662. The van der Waals surface area contributed by atoms with Crippen molar-refractivity contribution in [2.75, 3.05) is 14.2 Å². The normalized spacial score (nSPS) is 15.8. The van der Waals surface area contributed by atoms with E-state index >= 15 is 0 Å². The molecule has 0 amide bonds. The highest BCUT2D eigenvalue weighted by Crippen LogP contribution is 2.34. The summed E-state index contributed by atoms with van der Waals surface area (Å²) in [6.07, 6.45) is 1.91. The van der Waals surface area contributed by atoms with Crippen molar-refractivity contribution in [2.24, 2.45) is 5.10 Å². The van der Waals surface area contributed by atoms with Gasteiger partial charge in [0.15, 0.2) is 0 Å². The number of methoxy groups -OCH3 is 2. The Bertz CT molecular complexity index is 1010. The third-order valence-electron chi connectivity index (χ3n) is 4.76. The lowest BCUT2D eigenvalue weighted by Crippen LogP contribution is -2.33. The van der Waals surface area contributed by atoms with Crippen LogP contribution in [0.1, 0.15) is 43.4 Å². The molecule has 1 aliphatic heterocycles. The van der Waals surface area contributed by atoms with E-state index in [9.17, 15) is 14.7 Å². The van der Waals surface area contributed by atoms with Gasteiger partial charge >= 0.3 is 5.69 Å². The fourth-order valence-corrected chi connectivity index (χ4v) is 3.23. The topological polar surface area (TPSA) is 118 Å². The van der Waals surface area contributed by atoms with Crippen LogP contribution in [0.15, 0.2) is 32.9 Å². The van der Waals surface area contributed by atoms with Crippen LogP contribution >= 0.6 is 0 Å². The second-order valence-electron chi connectivity index (χ2n) is 6.52. The van der Waals surface area contributed by atoms with E-state index in [0.717, 1.165) is 12.0 Å². The van der Waals surface area contributed by atoms with Crippen molar-refractivity contribution in [3.63, 3.8) is 0 Å². The molecule has 2 aromatic rings. The first-order chi connectivity index (χ1) is 13.5. The van der Waals surface area contributed by atoms with Crippen molar-refractivity contribution in [3.8, 4) is 17.4 Å². The molecule has 0 aliphatic carbocycles. The molecular weight excluding hydrogens is 364 g/mol. The Hall–Kier alpha value is -3.23. The second kappa shape index (κ2) is 8.20. The van der Waals surface area contributed by atoms with Gasteiger partial charge in [-0.1, -0.05) is 13.3 Å². The lowest BCUT2D eigenvalue weighted by molar-refractivity contribution is 0.386. The largest absolute Gasteiger partial charge is 0.497 e. The van der Waals surface area contributed by atoms with Gasteiger partial charge in [-0.05, 0) is 18.6 Å². The zero-order chi connectivity index (χ0) is 20.3. The summed E-state index contributed by atoms with van der Waals surface area (Å²) in [5.74, 6) is 0.932. The Balaban J connectivity index is 1.92. The van der Waals surface area contributed by atoms with Gasteiger partial charge in [0.2, 0.25) is 5.88 Å². The number of hydrogen-bond donors (Lipinski definition) is 3. The number of H-pyrrole nitrogens is 1. The molecule has 28 heavy (non-hydrogen) atoms. The minimum absolute atomic E-state index is 0.0122. The number of ether oxygens (including phenoxy) is 2. The average Bonchev–Trinajstić information content (AvgIpc) is 3.16. The first kappa shape index (κ1) is 19.5. The molecule has 0 spiro atoms. The minimum Gasteiger partial charge on any atom is -0.497 e. The molecule has 9 heteroatoms. The van der Waals surface area contributed by atoms with E-state index in [2.05, 4.69) is 15.5 Å². The summed E-state index contributed by atoms with van der Waals surface area (Å²) in [5, 5.41) is 14.8. The Kier molecular flexibility index (Phi) is 5.72. The van der Waals surface area contributed by atoms with Crippen LogP contribution in [0.3, 0.4) is 0 Å². The molecule has 9 nitrogen and oxygen atoms in total. The summed E-state index contributed by atoms with van der Waals surface area (Å²) in [7, 11) is 3.14. The first-order valence-electron chi connectivity index (χ1n) is 9.10. The van der Waals surface area contributed by atoms with Crippen LogP contribution in [-0.4, -0.2) is 34.6 Å². The van der Waals surface area contributed by atoms with Gasteiger partial charge < -0.3 is 20.0 Å². The smallest absolute Gasteiger partial charge is 0.331 e. The summed E-state index contributed by atoms with van der Waals surface area (Å²) in [6, 6.07) is 5.20. The van der Waals surface area contributed by atoms with Gasteiger partial charge in [-0.3, -0.25) is 14.3 Å². The highest BCUT2D eigenvalue weighted by Gasteiger charge is 2.28. The summed E-state index contributed by atoms with van der Waals surface area (Å²) in [4.78, 5) is 26.6.